The van der Waals surface area contributed by atoms with Crippen molar-refractivity contribution in [3.63, 3.8) is 0 Å². The lowest BCUT2D eigenvalue weighted by molar-refractivity contribution is -0.146. The number of piperidine rings is 2. The quantitative estimate of drug-likeness (QED) is 0.869. The van der Waals surface area contributed by atoms with Crippen molar-refractivity contribution in [3.05, 3.63) is 11.7 Å². The predicted molar refractivity (Wildman–Crippen MR) is 79.1 cm³/mol. The number of amides is 1. The SMILES string of the molecule is O=C1CCC2(CCN(Cc3nc(C(F)(F)F)no3)CC2)CN1CCO. The second-order valence-corrected chi connectivity index (χ2v) is 6.82. The summed E-state index contributed by atoms with van der Waals surface area (Å²) in [4.78, 5) is 19.0. The summed E-state index contributed by atoms with van der Waals surface area (Å²) < 4.78 is 42.2. The number of alkyl halides is 3. The van der Waals surface area contributed by atoms with Crippen molar-refractivity contribution in [2.24, 2.45) is 5.41 Å². The van der Waals surface area contributed by atoms with Gasteiger partial charge in [-0.2, -0.15) is 18.2 Å². The first-order valence-corrected chi connectivity index (χ1v) is 8.32. The molecule has 1 spiro atoms. The maximum atomic E-state index is 12.5. The molecular weight excluding hydrogens is 341 g/mol. The van der Waals surface area contributed by atoms with Gasteiger partial charge in [-0.15, -0.1) is 0 Å². The maximum absolute atomic E-state index is 12.5. The van der Waals surface area contributed by atoms with Crippen LogP contribution in [0.25, 0.3) is 0 Å². The number of aliphatic hydroxyl groups excluding tert-OH is 1. The number of rotatable bonds is 4. The first kappa shape index (κ1) is 18.1. The average Bonchev–Trinajstić information content (AvgIpc) is 3.03. The Bertz CT molecular complexity index is 611. The van der Waals surface area contributed by atoms with Crippen LogP contribution in [0.5, 0.6) is 0 Å². The van der Waals surface area contributed by atoms with Crippen LogP contribution in [0, 0.1) is 5.41 Å². The number of hydrogen-bond donors (Lipinski definition) is 1. The van der Waals surface area contributed by atoms with Crippen LogP contribution in [0.2, 0.25) is 0 Å². The van der Waals surface area contributed by atoms with E-state index in [-0.39, 0.29) is 30.4 Å². The van der Waals surface area contributed by atoms with Crippen LogP contribution in [0.1, 0.15) is 37.4 Å². The second-order valence-electron chi connectivity index (χ2n) is 6.82. The highest BCUT2D eigenvalue weighted by molar-refractivity contribution is 5.77. The summed E-state index contributed by atoms with van der Waals surface area (Å²) in [6, 6.07) is 0. The molecule has 0 atom stereocenters. The molecule has 0 aromatic carbocycles. The molecule has 1 aromatic heterocycles. The van der Waals surface area contributed by atoms with Gasteiger partial charge < -0.3 is 14.5 Å². The molecular formula is C15H21F3N4O3. The molecule has 0 aliphatic carbocycles. The zero-order valence-electron chi connectivity index (χ0n) is 13.8. The van der Waals surface area contributed by atoms with Gasteiger partial charge in [0.1, 0.15) is 0 Å². The minimum atomic E-state index is -4.60. The van der Waals surface area contributed by atoms with Crippen LogP contribution in [0.15, 0.2) is 4.52 Å². The molecule has 25 heavy (non-hydrogen) atoms. The highest BCUT2D eigenvalue weighted by Gasteiger charge is 2.41. The van der Waals surface area contributed by atoms with Gasteiger partial charge in [0.05, 0.1) is 13.2 Å². The molecule has 1 N–H and O–H groups in total. The Morgan fingerprint density at radius 3 is 2.56 bits per heavy atom. The Morgan fingerprint density at radius 2 is 1.96 bits per heavy atom. The minimum absolute atomic E-state index is 0.0333. The lowest BCUT2D eigenvalue weighted by Gasteiger charge is -2.47. The first-order chi connectivity index (χ1) is 11.8. The number of β-amino-alcohol motifs (C(OH)–C–C–N with tert-alkyl or cyclic N) is 1. The molecule has 0 saturated carbocycles. The van der Waals surface area contributed by atoms with Gasteiger partial charge in [0, 0.05) is 19.5 Å². The van der Waals surface area contributed by atoms with Crippen LogP contribution < -0.4 is 0 Å². The molecule has 1 amide bonds. The van der Waals surface area contributed by atoms with E-state index in [4.69, 9.17) is 9.63 Å². The van der Waals surface area contributed by atoms with E-state index >= 15 is 0 Å². The Balaban J connectivity index is 1.55. The van der Waals surface area contributed by atoms with Gasteiger partial charge in [-0.25, -0.2) is 0 Å². The highest BCUT2D eigenvalue weighted by Crippen LogP contribution is 2.40. The monoisotopic (exact) mass is 362 g/mol. The summed E-state index contributed by atoms with van der Waals surface area (Å²) in [5.41, 5.74) is 0.0333. The standard InChI is InChI=1S/C15H21F3N4O3/c16-15(17,18)13-19-11(25-20-13)9-21-5-3-14(4-6-21)2-1-12(24)22(10-14)7-8-23/h23H,1-10H2. The summed E-state index contributed by atoms with van der Waals surface area (Å²) in [6.45, 7) is 2.53. The third kappa shape index (κ3) is 4.12. The van der Waals surface area contributed by atoms with Crippen molar-refractivity contribution in [2.75, 3.05) is 32.8 Å². The smallest absolute Gasteiger partial charge is 0.395 e. The zero-order chi connectivity index (χ0) is 18.1. The number of hydrogen-bond acceptors (Lipinski definition) is 6. The van der Waals surface area contributed by atoms with Crippen molar-refractivity contribution >= 4 is 5.91 Å². The molecule has 2 fully saturated rings. The van der Waals surface area contributed by atoms with Crippen molar-refractivity contribution in [1.82, 2.24) is 19.9 Å². The fraction of sp³-hybridized carbons (Fsp3) is 0.800. The van der Waals surface area contributed by atoms with Crippen LogP contribution in [0.3, 0.4) is 0 Å². The third-order valence-corrected chi connectivity index (χ3v) is 5.12. The third-order valence-electron chi connectivity index (χ3n) is 5.12. The molecule has 2 aliphatic rings. The van der Waals surface area contributed by atoms with Gasteiger partial charge in [0.25, 0.3) is 5.82 Å². The van der Waals surface area contributed by atoms with E-state index in [0.717, 1.165) is 19.3 Å². The lowest BCUT2D eigenvalue weighted by atomic mass is 9.72. The van der Waals surface area contributed by atoms with E-state index in [9.17, 15) is 18.0 Å². The second kappa shape index (κ2) is 6.91. The van der Waals surface area contributed by atoms with Gasteiger partial charge in [0.2, 0.25) is 11.8 Å². The Morgan fingerprint density at radius 1 is 1.24 bits per heavy atom. The zero-order valence-corrected chi connectivity index (χ0v) is 13.8. The van der Waals surface area contributed by atoms with E-state index in [1.807, 2.05) is 4.90 Å². The molecule has 10 heteroatoms. The summed E-state index contributed by atoms with van der Waals surface area (Å²) in [6.07, 6.45) is -1.59. The number of halogens is 3. The van der Waals surface area contributed by atoms with E-state index < -0.39 is 12.0 Å². The van der Waals surface area contributed by atoms with Crippen LogP contribution in [0.4, 0.5) is 13.2 Å². The Hall–Kier alpha value is -1.68. The minimum Gasteiger partial charge on any atom is -0.395 e. The number of likely N-dealkylation sites (tertiary alicyclic amines) is 2. The van der Waals surface area contributed by atoms with Crippen molar-refractivity contribution in [3.8, 4) is 0 Å². The molecule has 0 unspecified atom stereocenters. The Labute approximate surface area is 142 Å². The Kier molecular flexibility index (Phi) is 5.01. The van der Waals surface area contributed by atoms with E-state index in [1.54, 1.807) is 4.90 Å². The van der Waals surface area contributed by atoms with Crippen LogP contribution in [-0.2, 0) is 17.5 Å². The summed E-state index contributed by atoms with van der Waals surface area (Å²) in [5.74, 6) is -1.21. The van der Waals surface area contributed by atoms with Gasteiger partial charge >= 0.3 is 6.18 Å². The topological polar surface area (TPSA) is 82.7 Å². The van der Waals surface area contributed by atoms with Crippen molar-refractivity contribution in [2.45, 2.75) is 38.4 Å². The van der Waals surface area contributed by atoms with Crippen LogP contribution in [-0.4, -0.2) is 63.7 Å². The summed E-state index contributed by atoms with van der Waals surface area (Å²) in [7, 11) is 0. The van der Waals surface area contributed by atoms with E-state index in [2.05, 4.69) is 10.1 Å². The molecule has 0 radical (unpaired) electrons. The average molecular weight is 362 g/mol. The van der Waals surface area contributed by atoms with Gasteiger partial charge in [-0.1, -0.05) is 5.16 Å². The predicted octanol–water partition coefficient (Wildman–Crippen LogP) is 1.29. The fourth-order valence-corrected chi connectivity index (χ4v) is 3.65. The molecule has 3 rings (SSSR count). The van der Waals surface area contributed by atoms with Crippen molar-refractivity contribution < 1.29 is 27.6 Å². The number of carbonyl (C=O) groups excluding carboxylic acids is 1. The largest absolute Gasteiger partial charge is 0.455 e. The molecule has 2 saturated heterocycles. The van der Waals surface area contributed by atoms with Gasteiger partial charge in [-0.05, 0) is 37.8 Å². The van der Waals surface area contributed by atoms with E-state index in [0.29, 0.717) is 32.6 Å². The first-order valence-electron chi connectivity index (χ1n) is 8.32. The van der Waals surface area contributed by atoms with Crippen molar-refractivity contribution in [1.29, 1.82) is 0 Å². The lowest BCUT2D eigenvalue weighted by Crippen LogP contribution is -2.51. The molecule has 140 valence electrons. The summed E-state index contributed by atoms with van der Waals surface area (Å²) in [5, 5.41) is 12.1. The normalized spacial score (nSPS) is 21.9. The summed E-state index contributed by atoms with van der Waals surface area (Å²) >= 11 is 0. The molecule has 7 nitrogen and oxygen atoms in total. The fourth-order valence-electron chi connectivity index (χ4n) is 3.65. The molecule has 1 aromatic rings. The number of aliphatic hydroxyl groups is 1. The van der Waals surface area contributed by atoms with E-state index in [1.165, 1.54) is 0 Å². The van der Waals surface area contributed by atoms with Gasteiger partial charge in [-0.3, -0.25) is 9.69 Å². The van der Waals surface area contributed by atoms with Crippen LogP contribution >= 0.6 is 0 Å². The maximum Gasteiger partial charge on any atom is 0.455 e. The number of nitrogens with zero attached hydrogens (tertiary/aromatic N) is 4. The molecule has 0 bridgehead atoms. The highest BCUT2D eigenvalue weighted by atomic mass is 19.4. The van der Waals surface area contributed by atoms with Gasteiger partial charge in [0.15, 0.2) is 0 Å². The number of carbonyl (C=O) groups is 1. The molecule has 2 aliphatic heterocycles. The number of aromatic nitrogens is 2. The molecule has 3 heterocycles.